The van der Waals surface area contributed by atoms with E-state index in [2.05, 4.69) is 50.2 Å². The maximum Gasteiger partial charge on any atom is 0.119 e. The third kappa shape index (κ3) is 3.88. The lowest BCUT2D eigenvalue weighted by Gasteiger charge is -2.30. The Hall–Kier alpha value is -1.50. The van der Waals surface area contributed by atoms with Crippen LogP contribution in [0, 0.1) is 11.8 Å². The van der Waals surface area contributed by atoms with Gasteiger partial charge in [-0.1, -0.05) is 44.5 Å². The first-order valence-corrected chi connectivity index (χ1v) is 9.27. The van der Waals surface area contributed by atoms with E-state index < -0.39 is 0 Å². The Morgan fingerprint density at radius 2 is 1.70 bits per heavy atom. The van der Waals surface area contributed by atoms with Crippen LogP contribution in [-0.4, -0.2) is 7.11 Å². The van der Waals surface area contributed by atoms with Crippen LogP contribution in [0.2, 0.25) is 0 Å². The molecule has 1 heteroatoms. The zero-order valence-corrected chi connectivity index (χ0v) is 14.8. The summed E-state index contributed by atoms with van der Waals surface area (Å²) in [4.78, 5) is 0. The predicted molar refractivity (Wildman–Crippen MR) is 99.3 cm³/mol. The van der Waals surface area contributed by atoms with Gasteiger partial charge in [-0.15, -0.1) is 0 Å². The second kappa shape index (κ2) is 7.38. The van der Waals surface area contributed by atoms with E-state index in [1.807, 2.05) is 0 Å². The topological polar surface area (TPSA) is 9.23 Å². The molecule has 0 spiro atoms. The van der Waals surface area contributed by atoms with Crippen LogP contribution >= 0.6 is 0 Å². The number of rotatable bonds is 5. The second-order valence-corrected chi connectivity index (χ2v) is 7.44. The molecule has 0 N–H and O–H groups in total. The first-order valence-electron chi connectivity index (χ1n) is 9.27. The van der Waals surface area contributed by atoms with E-state index in [1.54, 1.807) is 7.11 Å². The van der Waals surface area contributed by atoms with Gasteiger partial charge in [-0.25, -0.2) is 0 Å². The SMILES string of the molecule is CCC(C)C[C@H]1CC[C@H](c2ccc3cc(OC)ccc3c2)CC1. The Labute approximate surface area is 141 Å². The van der Waals surface area contributed by atoms with Gasteiger partial charge in [-0.2, -0.15) is 0 Å². The highest BCUT2D eigenvalue weighted by molar-refractivity contribution is 5.84. The van der Waals surface area contributed by atoms with Crippen LogP contribution in [-0.2, 0) is 0 Å². The summed E-state index contributed by atoms with van der Waals surface area (Å²) in [6.07, 6.45) is 8.31. The minimum Gasteiger partial charge on any atom is -0.497 e. The van der Waals surface area contributed by atoms with Crippen molar-refractivity contribution in [3.05, 3.63) is 42.0 Å². The van der Waals surface area contributed by atoms with E-state index in [-0.39, 0.29) is 0 Å². The first kappa shape index (κ1) is 16.4. The minimum atomic E-state index is 0.759. The zero-order chi connectivity index (χ0) is 16.2. The zero-order valence-electron chi connectivity index (χ0n) is 14.8. The lowest BCUT2D eigenvalue weighted by atomic mass is 9.75. The van der Waals surface area contributed by atoms with Crippen LogP contribution in [0.4, 0.5) is 0 Å². The van der Waals surface area contributed by atoms with Gasteiger partial charge in [0, 0.05) is 0 Å². The van der Waals surface area contributed by atoms with Gasteiger partial charge in [0.25, 0.3) is 0 Å². The Morgan fingerprint density at radius 1 is 1.00 bits per heavy atom. The molecule has 1 nitrogen and oxygen atoms in total. The largest absolute Gasteiger partial charge is 0.497 e. The van der Waals surface area contributed by atoms with E-state index >= 15 is 0 Å². The van der Waals surface area contributed by atoms with Crippen LogP contribution in [0.25, 0.3) is 10.8 Å². The molecule has 0 aliphatic heterocycles. The summed E-state index contributed by atoms with van der Waals surface area (Å²) in [5.74, 6) is 3.56. The van der Waals surface area contributed by atoms with Crippen molar-refractivity contribution in [2.24, 2.45) is 11.8 Å². The number of fused-ring (bicyclic) bond motifs is 1. The van der Waals surface area contributed by atoms with Crippen molar-refractivity contribution < 1.29 is 4.74 Å². The highest BCUT2D eigenvalue weighted by atomic mass is 16.5. The van der Waals surface area contributed by atoms with Gasteiger partial charge in [-0.05, 0) is 78.3 Å². The molecule has 1 aliphatic carbocycles. The van der Waals surface area contributed by atoms with Crippen molar-refractivity contribution in [2.45, 2.75) is 58.3 Å². The van der Waals surface area contributed by atoms with Gasteiger partial charge in [0.15, 0.2) is 0 Å². The molecule has 1 aliphatic rings. The quantitative estimate of drug-likeness (QED) is 0.607. The minimum absolute atomic E-state index is 0.759. The fourth-order valence-electron chi connectivity index (χ4n) is 4.09. The lowest BCUT2D eigenvalue weighted by Crippen LogP contribution is -2.15. The summed E-state index contributed by atoms with van der Waals surface area (Å²) >= 11 is 0. The van der Waals surface area contributed by atoms with Crippen molar-refractivity contribution in [1.82, 2.24) is 0 Å². The fraction of sp³-hybridized carbons (Fsp3) is 0.545. The molecule has 0 bridgehead atoms. The molecule has 0 saturated heterocycles. The van der Waals surface area contributed by atoms with Gasteiger partial charge in [0.2, 0.25) is 0 Å². The normalized spacial score (nSPS) is 22.9. The molecule has 124 valence electrons. The fourth-order valence-corrected chi connectivity index (χ4v) is 4.09. The van der Waals surface area contributed by atoms with Crippen LogP contribution in [0.1, 0.15) is 63.9 Å². The molecule has 0 heterocycles. The summed E-state index contributed by atoms with van der Waals surface area (Å²) in [7, 11) is 1.73. The molecule has 2 aromatic rings. The van der Waals surface area contributed by atoms with Gasteiger partial charge in [0.05, 0.1) is 7.11 Å². The van der Waals surface area contributed by atoms with Crippen LogP contribution in [0.15, 0.2) is 36.4 Å². The lowest BCUT2D eigenvalue weighted by molar-refractivity contribution is 0.273. The van der Waals surface area contributed by atoms with Gasteiger partial charge in [-0.3, -0.25) is 0 Å². The molecule has 1 fully saturated rings. The predicted octanol–water partition coefficient (Wildman–Crippen LogP) is 6.56. The van der Waals surface area contributed by atoms with E-state index in [9.17, 15) is 0 Å². The van der Waals surface area contributed by atoms with Gasteiger partial charge < -0.3 is 4.74 Å². The first-order chi connectivity index (χ1) is 11.2. The van der Waals surface area contributed by atoms with Crippen molar-refractivity contribution >= 4 is 10.8 Å². The molecule has 0 aromatic heterocycles. The highest BCUT2D eigenvalue weighted by Gasteiger charge is 2.23. The molecule has 23 heavy (non-hydrogen) atoms. The van der Waals surface area contributed by atoms with E-state index in [0.717, 1.165) is 23.5 Å². The van der Waals surface area contributed by atoms with Gasteiger partial charge >= 0.3 is 0 Å². The van der Waals surface area contributed by atoms with Crippen molar-refractivity contribution in [3.63, 3.8) is 0 Å². The van der Waals surface area contributed by atoms with Crippen molar-refractivity contribution in [1.29, 1.82) is 0 Å². The molecular formula is C22H30O. The Kier molecular flexibility index (Phi) is 5.25. The van der Waals surface area contributed by atoms with Crippen molar-refractivity contribution in [3.8, 4) is 5.75 Å². The third-order valence-corrected chi connectivity index (χ3v) is 5.82. The number of methoxy groups -OCH3 is 1. The molecule has 2 aromatic carbocycles. The maximum absolute atomic E-state index is 5.32. The summed E-state index contributed by atoms with van der Waals surface area (Å²) in [5.41, 5.74) is 1.53. The molecule has 3 rings (SSSR count). The molecule has 1 saturated carbocycles. The Bertz CT molecular complexity index is 637. The standard InChI is InChI=1S/C22H30O/c1-4-16(2)13-17-5-7-18(8-6-17)19-9-10-21-15-22(23-3)12-11-20(21)14-19/h9-12,14-18H,4-8,13H2,1-3H3/t16?,17-,18-. The number of ether oxygens (including phenoxy) is 1. The molecular weight excluding hydrogens is 280 g/mol. The summed E-state index contributed by atoms with van der Waals surface area (Å²) in [6, 6.07) is 13.4. The van der Waals surface area contributed by atoms with E-state index in [4.69, 9.17) is 4.74 Å². The Morgan fingerprint density at radius 3 is 2.39 bits per heavy atom. The van der Waals surface area contributed by atoms with Crippen LogP contribution < -0.4 is 4.74 Å². The van der Waals surface area contributed by atoms with Gasteiger partial charge in [0.1, 0.15) is 5.75 Å². The summed E-state index contributed by atoms with van der Waals surface area (Å²) in [6.45, 7) is 4.73. The van der Waals surface area contributed by atoms with Crippen molar-refractivity contribution in [2.75, 3.05) is 7.11 Å². The summed E-state index contributed by atoms with van der Waals surface area (Å²) in [5, 5.41) is 2.61. The Balaban J connectivity index is 1.67. The average Bonchev–Trinajstić information content (AvgIpc) is 2.61. The molecule has 0 radical (unpaired) electrons. The second-order valence-electron chi connectivity index (χ2n) is 7.44. The molecule has 1 unspecified atom stereocenters. The van der Waals surface area contributed by atoms with Crippen LogP contribution in [0.5, 0.6) is 5.75 Å². The smallest absolute Gasteiger partial charge is 0.119 e. The third-order valence-electron chi connectivity index (χ3n) is 5.82. The number of benzene rings is 2. The average molecular weight is 310 g/mol. The van der Waals surface area contributed by atoms with Crippen LogP contribution in [0.3, 0.4) is 0 Å². The summed E-state index contributed by atoms with van der Waals surface area (Å²) < 4.78 is 5.32. The monoisotopic (exact) mass is 310 g/mol. The molecule has 1 atom stereocenters. The van der Waals surface area contributed by atoms with E-state index in [1.165, 1.54) is 54.9 Å². The van der Waals surface area contributed by atoms with E-state index in [0.29, 0.717) is 0 Å². The molecule has 0 amide bonds. The number of hydrogen-bond donors (Lipinski definition) is 0. The highest BCUT2D eigenvalue weighted by Crippen LogP contribution is 2.39. The number of hydrogen-bond acceptors (Lipinski definition) is 1. The maximum atomic E-state index is 5.32.